The molecule has 6 rings (SSSR count). The van der Waals surface area contributed by atoms with Crippen LogP contribution >= 0.6 is 0 Å². The molecule has 0 radical (unpaired) electrons. The minimum Gasteiger partial charge on any atom is -0.389 e. The van der Waals surface area contributed by atoms with E-state index in [0.29, 0.717) is 5.92 Å². The number of rotatable bonds is 8. The molecule has 3 aromatic rings. The number of aromatic nitrogens is 2. The van der Waals surface area contributed by atoms with Crippen molar-refractivity contribution >= 4 is 16.6 Å². The van der Waals surface area contributed by atoms with Crippen LogP contribution in [0, 0.1) is 11.8 Å². The van der Waals surface area contributed by atoms with Gasteiger partial charge in [0.25, 0.3) is 0 Å². The number of hydrogen-bond donors (Lipinski definition) is 2. The zero-order valence-electron chi connectivity index (χ0n) is 19.3. The fraction of sp³-hybridized carbons (Fsp3) is 0.464. The Morgan fingerprint density at radius 3 is 2.66 bits per heavy atom. The summed E-state index contributed by atoms with van der Waals surface area (Å²) in [5.74, 6) is 1.85. The van der Waals surface area contributed by atoms with E-state index in [1.54, 1.807) is 0 Å². The second kappa shape index (κ2) is 8.84. The van der Waals surface area contributed by atoms with Crippen LogP contribution in [0.25, 0.3) is 16.6 Å². The minimum atomic E-state index is -0.583. The van der Waals surface area contributed by atoms with Gasteiger partial charge in [-0.05, 0) is 81.8 Å². The van der Waals surface area contributed by atoms with Crippen LogP contribution < -0.4 is 0 Å². The monoisotopic (exact) mass is 429 g/mol. The molecule has 4 nitrogen and oxygen atoms in total. The first-order chi connectivity index (χ1) is 15.5. The Bertz CT molecular complexity index is 1070. The quantitative estimate of drug-likeness (QED) is 0.500. The molecule has 2 aromatic carbocycles. The summed E-state index contributed by atoms with van der Waals surface area (Å²) in [6.07, 6.45) is 6.12. The molecule has 4 heteroatoms. The van der Waals surface area contributed by atoms with Crippen molar-refractivity contribution in [2.24, 2.45) is 11.8 Å². The Hall–Kier alpha value is -2.43. The predicted octanol–water partition coefficient (Wildman–Crippen LogP) is 5.45. The Balaban J connectivity index is 1.18. The van der Waals surface area contributed by atoms with Gasteiger partial charge in [-0.1, -0.05) is 48.0 Å². The summed E-state index contributed by atoms with van der Waals surface area (Å²) in [5.41, 5.74) is 5.81. The average molecular weight is 430 g/mol. The van der Waals surface area contributed by atoms with Crippen LogP contribution in [-0.4, -0.2) is 45.7 Å². The zero-order valence-corrected chi connectivity index (χ0v) is 19.3. The average Bonchev–Trinajstić information content (AvgIpc) is 3.22. The summed E-state index contributed by atoms with van der Waals surface area (Å²) >= 11 is 0. The van der Waals surface area contributed by atoms with Crippen molar-refractivity contribution in [3.63, 3.8) is 0 Å². The first-order valence-electron chi connectivity index (χ1n) is 12.1. The van der Waals surface area contributed by atoms with Crippen molar-refractivity contribution in [2.75, 3.05) is 20.1 Å². The molecule has 0 unspecified atom stereocenters. The number of aliphatic hydroxyl groups is 1. The predicted molar refractivity (Wildman–Crippen MR) is 131 cm³/mol. The van der Waals surface area contributed by atoms with E-state index in [0.717, 1.165) is 62.1 Å². The number of allylic oxidation sites excluding steroid dienone is 1. The van der Waals surface area contributed by atoms with Crippen LogP contribution in [0.3, 0.4) is 0 Å². The SMILES string of the molecule is CC1=C(c2ccccc2)[C@H]2CC[C@H]1C[C@@]2(O)CCN(C)CCCc1nc2ccccc2[nH]1. The molecule has 1 aromatic heterocycles. The van der Waals surface area contributed by atoms with Gasteiger partial charge in [-0.25, -0.2) is 4.98 Å². The Morgan fingerprint density at radius 1 is 1.06 bits per heavy atom. The van der Waals surface area contributed by atoms with E-state index in [1.807, 2.05) is 12.1 Å². The summed E-state index contributed by atoms with van der Waals surface area (Å²) < 4.78 is 0. The second-order valence-electron chi connectivity index (χ2n) is 9.95. The minimum absolute atomic E-state index is 0.263. The molecular weight excluding hydrogens is 394 g/mol. The van der Waals surface area contributed by atoms with E-state index >= 15 is 0 Å². The first-order valence-corrected chi connectivity index (χ1v) is 12.1. The highest BCUT2D eigenvalue weighted by atomic mass is 16.3. The molecule has 2 bridgehead atoms. The smallest absolute Gasteiger partial charge is 0.107 e. The Kier molecular flexibility index (Phi) is 5.92. The molecule has 0 aliphatic heterocycles. The molecule has 3 aliphatic rings. The lowest BCUT2D eigenvalue weighted by Gasteiger charge is -2.51. The normalized spacial score (nSPS) is 25.2. The third-order valence-electron chi connectivity index (χ3n) is 7.84. The van der Waals surface area contributed by atoms with Gasteiger partial charge in [0.1, 0.15) is 5.82 Å². The largest absolute Gasteiger partial charge is 0.389 e. The van der Waals surface area contributed by atoms with E-state index in [2.05, 4.69) is 66.3 Å². The Labute approximate surface area is 191 Å². The molecule has 3 atom stereocenters. The Morgan fingerprint density at radius 2 is 1.84 bits per heavy atom. The number of fused-ring (bicyclic) bond motifs is 3. The summed E-state index contributed by atoms with van der Waals surface area (Å²) in [7, 11) is 2.18. The molecule has 1 heterocycles. The molecule has 0 spiro atoms. The third-order valence-corrected chi connectivity index (χ3v) is 7.84. The number of aromatic amines is 1. The van der Waals surface area contributed by atoms with Gasteiger partial charge < -0.3 is 15.0 Å². The highest BCUT2D eigenvalue weighted by molar-refractivity contribution is 5.75. The van der Waals surface area contributed by atoms with Crippen molar-refractivity contribution in [3.8, 4) is 0 Å². The maximum absolute atomic E-state index is 11.8. The number of H-pyrrole nitrogens is 1. The molecule has 3 aliphatic carbocycles. The van der Waals surface area contributed by atoms with Crippen molar-refractivity contribution in [1.29, 1.82) is 0 Å². The number of hydrogen-bond acceptors (Lipinski definition) is 3. The number of nitrogens with one attached hydrogen (secondary N) is 1. The van der Waals surface area contributed by atoms with E-state index in [4.69, 9.17) is 4.98 Å². The van der Waals surface area contributed by atoms with E-state index < -0.39 is 5.60 Å². The zero-order chi connectivity index (χ0) is 22.1. The van der Waals surface area contributed by atoms with Gasteiger partial charge in [-0.15, -0.1) is 0 Å². The lowest BCUT2D eigenvalue weighted by Crippen LogP contribution is -2.49. The number of aryl methyl sites for hydroxylation is 1. The summed E-state index contributed by atoms with van der Waals surface area (Å²) in [6, 6.07) is 18.9. The molecule has 0 saturated heterocycles. The molecule has 168 valence electrons. The van der Waals surface area contributed by atoms with Crippen molar-refractivity contribution < 1.29 is 5.11 Å². The van der Waals surface area contributed by atoms with Gasteiger partial charge in [-0.3, -0.25) is 0 Å². The fourth-order valence-corrected chi connectivity index (χ4v) is 6.04. The first kappa shape index (κ1) is 21.4. The standard InChI is InChI=1S/C28H35N3O/c1-20-22-14-15-23(27(20)21-9-4-3-5-10-21)28(32,19-22)16-18-31(2)17-8-13-26-29-24-11-6-7-12-25(24)30-26/h3-7,9-12,22-23,32H,8,13-19H2,1-2H3,(H,29,30)/t22-,23+,28-/m0/s1. The van der Waals surface area contributed by atoms with E-state index in [1.165, 1.54) is 23.1 Å². The van der Waals surface area contributed by atoms with Gasteiger partial charge in [0.05, 0.1) is 16.6 Å². The number of para-hydroxylation sites is 2. The molecule has 2 N–H and O–H groups in total. The van der Waals surface area contributed by atoms with Crippen LogP contribution in [0.5, 0.6) is 0 Å². The van der Waals surface area contributed by atoms with Crippen molar-refractivity contribution in [2.45, 2.75) is 51.0 Å². The fourth-order valence-electron chi connectivity index (χ4n) is 6.04. The van der Waals surface area contributed by atoms with Gasteiger partial charge in [0, 0.05) is 18.9 Å². The summed E-state index contributed by atoms with van der Waals surface area (Å²) in [5, 5.41) is 11.8. The van der Waals surface area contributed by atoms with Crippen molar-refractivity contribution in [3.05, 3.63) is 71.6 Å². The van der Waals surface area contributed by atoms with Crippen LogP contribution in [0.4, 0.5) is 0 Å². The molecule has 0 amide bonds. The lowest BCUT2D eigenvalue weighted by molar-refractivity contribution is -0.0578. The molecule has 1 fully saturated rings. The second-order valence-corrected chi connectivity index (χ2v) is 9.95. The van der Waals surface area contributed by atoms with E-state index in [9.17, 15) is 5.11 Å². The lowest BCUT2D eigenvalue weighted by atomic mass is 9.57. The number of imidazole rings is 1. The maximum Gasteiger partial charge on any atom is 0.107 e. The maximum atomic E-state index is 11.8. The van der Waals surface area contributed by atoms with Gasteiger partial charge in [0.15, 0.2) is 0 Å². The number of nitrogens with zero attached hydrogens (tertiary/aromatic N) is 2. The van der Waals surface area contributed by atoms with Gasteiger partial charge in [0.2, 0.25) is 0 Å². The van der Waals surface area contributed by atoms with Gasteiger partial charge in [-0.2, -0.15) is 0 Å². The molecule has 1 saturated carbocycles. The number of benzene rings is 2. The van der Waals surface area contributed by atoms with Crippen LogP contribution in [-0.2, 0) is 6.42 Å². The highest BCUT2D eigenvalue weighted by Crippen LogP contribution is 2.54. The van der Waals surface area contributed by atoms with Crippen molar-refractivity contribution in [1.82, 2.24) is 14.9 Å². The molecule has 32 heavy (non-hydrogen) atoms. The van der Waals surface area contributed by atoms with Crippen LogP contribution in [0.1, 0.15) is 50.4 Å². The molecular formula is C28H35N3O. The summed E-state index contributed by atoms with van der Waals surface area (Å²) in [4.78, 5) is 10.5. The van der Waals surface area contributed by atoms with E-state index in [-0.39, 0.29) is 5.92 Å². The van der Waals surface area contributed by atoms with Crippen LogP contribution in [0.2, 0.25) is 0 Å². The summed E-state index contributed by atoms with van der Waals surface area (Å²) in [6.45, 7) is 4.24. The third kappa shape index (κ3) is 4.14. The van der Waals surface area contributed by atoms with Crippen LogP contribution in [0.15, 0.2) is 60.2 Å². The highest BCUT2D eigenvalue weighted by Gasteiger charge is 2.49. The van der Waals surface area contributed by atoms with Gasteiger partial charge >= 0.3 is 0 Å². The topological polar surface area (TPSA) is 52.1 Å².